The van der Waals surface area contributed by atoms with Gasteiger partial charge in [0, 0.05) is 18.4 Å². The van der Waals surface area contributed by atoms with E-state index in [-0.39, 0.29) is 30.7 Å². The van der Waals surface area contributed by atoms with Gasteiger partial charge in [0.2, 0.25) is 11.8 Å². The molecule has 0 atom stereocenters. The number of halogens is 1. The molecule has 0 spiro atoms. The minimum Gasteiger partial charge on any atom is -0.365 e. The molecular formula is C20H24FN3O2. The van der Waals surface area contributed by atoms with Gasteiger partial charge >= 0.3 is 0 Å². The van der Waals surface area contributed by atoms with E-state index in [1.54, 1.807) is 24.1 Å². The number of benzene rings is 2. The van der Waals surface area contributed by atoms with Gasteiger partial charge in [0.25, 0.3) is 0 Å². The highest BCUT2D eigenvalue weighted by Crippen LogP contribution is 2.21. The third kappa shape index (κ3) is 5.31. The molecule has 5 nitrogen and oxygen atoms in total. The zero-order chi connectivity index (χ0) is 19.3. The number of nitrogens with zero attached hydrogens (tertiary/aromatic N) is 1. The molecule has 0 saturated carbocycles. The Balaban J connectivity index is 1.85. The van der Waals surface area contributed by atoms with Gasteiger partial charge in [0.15, 0.2) is 0 Å². The van der Waals surface area contributed by atoms with Gasteiger partial charge in [-0.1, -0.05) is 17.7 Å². The lowest BCUT2D eigenvalue weighted by Gasteiger charge is -2.19. The van der Waals surface area contributed by atoms with Crippen LogP contribution in [0.3, 0.4) is 0 Å². The van der Waals surface area contributed by atoms with Crippen molar-refractivity contribution in [1.82, 2.24) is 5.32 Å². The standard InChI is InChI=1S/C20H24FN3O2/c1-13-9-14(2)20(15(3)10-13)23-18(25)11-22-19(26)12-24(4)17-7-5-16(21)6-8-17/h5-10H,11-12H2,1-4H3,(H,22,26)(H,23,25). The summed E-state index contributed by atoms with van der Waals surface area (Å²) in [5, 5.41) is 5.44. The summed E-state index contributed by atoms with van der Waals surface area (Å²) in [6.45, 7) is 5.84. The molecule has 2 N–H and O–H groups in total. The van der Waals surface area contributed by atoms with E-state index in [9.17, 15) is 14.0 Å². The van der Waals surface area contributed by atoms with E-state index in [1.165, 1.54) is 12.1 Å². The van der Waals surface area contributed by atoms with Crippen LogP contribution in [0.15, 0.2) is 36.4 Å². The van der Waals surface area contributed by atoms with E-state index in [0.717, 1.165) is 28.1 Å². The Kier molecular flexibility index (Phi) is 6.33. The number of carbonyl (C=O) groups is 2. The molecule has 0 heterocycles. The Morgan fingerprint density at radius 2 is 1.58 bits per heavy atom. The first kappa shape index (κ1) is 19.4. The van der Waals surface area contributed by atoms with Gasteiger partial charge in [0.05, 0.1) is 13.1 Å². The minimum absolute atomic E-state index is 0.0709. The van der Waals surface area contributed by atoms with Crippen LogP contribution in [0.25, 0.3) is 0 Å². The number of aryl methyl sites for hydroxylation is 3. The lowest BCUT2D eigenvalue weighted by atomic mass is 10.1. The van der Waals surface area contributed by atoms with Gasteiger partial charge in [-0.25, -0.2) is 4.39 Å². The van der Waals surface area contributed by atoms with Gasteiger partial charge in [-0.05, 0) is 56.2 Å². The van der Waals surface area contributed by atoms with Crippen LogP contribution in [0.2, 0.25) is 0 Å². The van der Waals surface area contributed by atoms with Crippen molar-refractivity contribution in [2.75, 3.05) is 30.4 Å². The third-order valence-corrected chi connectivity index (χ3v) is 4.04. The Morgan fingerprint density at radius 3 is 2.15 bits per heavy atom. The monoisotopic (exact) mass is 357 g/mol. The molecule has 0 saturated heterocycles. The van der Waals surface area contributed by atoms with Gasteiger partial charge in [-0.2, -0.15) is 0 Å². The maximum Gasteiger partial charge on any atom is 0.243 e. The second-order valence-electron chi connectivity index (χ2n) is 6.43. The Labute approximate surface area is 153 Å². The summed E-state index contributed by atoms with van der Waals surface area (Å²) in [4.78, 5) is 25.8. The summed E-state index contributed by atoms with van der Waals surface area (Å²) in [6, 6.07) is 9.86. The molecule has 0 fully saturated rings. The van der Waals surface area contributed by atoms with Crippen molar-refractivity contribution in [1.29, 1.82) is 0 Å². The summed E-state index contributed by atoms with van der Waals surface area (Å²) in [7, 11) is 1.73. The first-order chi connectivity index (χ1) is 12.3. The summed E-state index contributed by atoms with van der Waals surface area (Å²) in [5.41, 5.74) is 4.60. The van der Waals surface area contributed by atoms with Gasteiger partial charge in [-0.3, -0.25) is 9.59 Å². The molecule has 0 aliphatic heterocycles. The summed E-state index contributed by atoms with van der Waals surface area (Å²) in [5.74, 6) is -0.896. The molecule has 0 unspecified atom stereocenters. The number of nitrogens with one attached hydrogen (secondary N) is 2. The Morgan fingerprint density at radius 1 is 1.00 bits per heavy atom. The predicted molar refractivity (Wildman–Crippen MR) is 102 cm³/mol. The normalized spacial score (nSPS) is 10.3. The number of rotatable bonds is 6. The van der Waals surface area contributed by atoms with E-state index >= 15 is 0 Å². The quantitative estimate of drug-likeness (QED) is 0.836. The van der Waals surface area contributed by atoms with Gasteiger partial charge in [-0.15, -0.1) is 0 Å². The number of anilines is 2. The molecule has 2 aromatic carbocycles. The van der Waals surface area contributed by atoms with Crippen molar-refractivity contribution in [3.8, 4) is 0 Å². The lowest BCUT2D eigenvalue weighted by molar-refractivity contribution is -0.123. The van der Waals surface area contributed by atoms with Crippen molar-refractivity contribution in [2.24, 2.45) is 0 Å². The zero-order valence-corrected chi connectivity index (χ0v) is 15.5. The van der Waals surface area contributed by atoms with Crippen LogP contribution in [0.5, 0.6) is 0 Å². The highest BCUT2D eigenvalue weighted by Gasteiger charge is 2.11. The predicted octanol–water partition coefficient (Wildman–Crippen LogP) is 2.94. The first-order valence-electron chi connectivity index (χ1n) is 8.37. The Bertz CT molecular complexity index is 780. The van der Waals surface area contributed by atoms with E-state index < -0.39 is 0 Å². The second-order valence-corrected chi connectivity index (χ2v) is 6.43. The molecule has 0 aromatic heterocycles. The molecule has 0 aliphatic rings. The molecule has 2 rings (SSSR count). The van der Waals surface area contributed by atoms with Crippen LogP contribution in [0, 0.1) is 26.6 Å². The topological polar surface area (TPSA) is 61.4 Å². The number of carbonyl (C=O) groups excluding carboxylic acids is 2. The van der Waals surface area contributed by atoms with Crippen LogP contribution in [0.1, 0.15) is 16.7 Å². The first-order valence-corrected chi connectivity index (χ1v) is 8.37. The molecule has 2 aromatic rings. The van der Waals surface area contributed by atoms with Crippen molar-refractivity contribution < 1.29 is 14.0 Å². The molecule has 26 heavy (non-hydrogen) atoms. The molecule has 6 heteroatoms. The van der Waals surface area contributed by atoms with E-state index in [2.05, 4.69) is 10.6 Å². The highest BCUT2D eigenvalue weighted by molar-refractivity contribution is 5.96. The van der Waals surface area contributed by atoms with Crippen molar-refractivity contribution >= 4 is 23.2 Å². The van der Waals surface area contributed by atoms with Crippen LogP contribution in [-0.2, 0) is 9.59 Å². The van der Waals surface area contributed by atoms with E-state index in [0.29, 0.717) is 0 Å². The average Bonchev–Trinajstić information content (AvgIpc) is 2.56. The maximum absolute atomic E-state index is 12.9. The van der Waals surface area contributed by atoms with Gasteiger partial charge in [0.1, 0.15) is 5.82 Å². The van der Waals surface area contributed by atoms with Crippen molar-refractivity contribution in [2.45, 2.75) is 20.8 Å². The minimum atomic E-state index is -0.329. The maximum atomic E-state index is 12.9. The SMILES string of the molecule is Cc1cc(C)c(NC(=O)CNC(=O)CN(C)c2ccc(F)cc2)c(C)c1. The number of likely N-dealkylation sites (N-methyl/N-ethyl adjacent to an activating group) is 1. The third-order valence-electron chi connectivity index (χ3n) is 4.04. The molecule has 0 aliphatic carbocycles. The fourth-order valence-corrected chi connectivity index (χ4v) is 2.80. The largest absolute Gasteiger partial charge is 0.365 e. The summed E-state index contributed by atoms with van der Waals surface area (Å²) in [6.07, 6.45) is 0. The molecule has 0 radical (unpaired) electrons. The second kappa shape index (κ2) is 8.47. The van der Waals surface area contributed by atoms with E-state index in [1.807, 2.05) is 32.9 Å². The van der Waals surface area contributed by atoms with Crippen LogP contribution < -0.4 is 15.5 Å². The lowest BCUT2D eigenvalue weighted by Crippen LogP contribution is -2.39. The smallest absolute Gasteiger partial charge is 0.243 e. The van der Waals surface area contributed by atoms with Crippen molar-refractivity contribution in [3.63, 3.8) is 0 Å². The average molecular weight is 357 g/mol. The fraction of sp³-hybridized carbons (Fsp3) is 0.300. The highest BCUT2D eigenvalue weighted by atomic mass is 19.1. The summed E-state index contributed by atoms with van der Waals surface area (Å²) < 4.78 is 12.9. The zero-order valence-electron chi connectivity index (χ0n) is 15.5. The van der Waals surface area contributed by atoms with Crippen LogP contribution >= 0.6 is 0 Å². The molecular weight excluding hydrogens is 333 g/mol. The number of hydrogen-bond acceptors (Lipinski definition) is 3. The molecule has 2 amide bonds. The molecule has 138 valence electrons. The number of hydrogen-bond donors (Lipinski definition) is 2. The number of amides is 2. The van der Waals surface area contributed by atoms with Gasteiger partial charge < -0.3 is 15.5 Å². The Hall–Kier alpha value is -2.89. The van der Waals surface area contributed by atoms with Crippen LogP contribution in [-0.4, -0.2) is 32.0 Å². The van der Waals surface area contributed by atoms with Crippen molar-refractivity contribution in [3.05, 3.63) is 58.9 Å². The summed E-state index contributed by atoms with van der Waals surface area (Å²) >= 11 is 0. The molecule has 0 bridgehead atoms. The van der Waals surface area contributed by atoms with Crippen LogP contribution in [0.4, 0.5) is 15.8 Å². The van der Waals surface area contributed by atoms with E-state index in [4.69, 9.17) is 0 Å². The fourth-order valence-electron chi connectivity index (χ4n) is 2.80.